The number of nitrogens with zero attached hydrogens (tertiary/aromatic N) is 3. The number of likely N-dealkylation sites (N-methyl/N-ethyl adjacent to an activating group) is 1. The third-order valence-electron chi connectivity index (χ3n) is 4.29. The number of benzene rings is 2. The topological polar surface area (TPSA) is 108 Å². The van der Waals surface area contributed by atoms with Crippen LogP contribution in [0.15, 0.2) is 64.6 Å². The largest absolute Gasteiger partial charge is 0.354 e. The van der Waals surface area contributed by atoms with Crippen LogP contribution >= 0.6 is 11.8 Å². The molecular weight excluding hydrogens is 441 g/mol. The van der Waals surface area contributed by atoms with E-state index < -0.39 is 21.7 Å². The molecule has 3 aromatic rings. The SMILES string of the molecule is CCN(CC(=O)NCCSc1n[nH]c(-c2ccccc2)n1)S(=O)(=O)c1ccc(F)cc1. The number of sulfonamides is 1. The monoisotopic (exact) mass is 463 g/mol. The summed E-state index contributed by atoms with van der Waals surface area (Å²) in [7, 11) is -3.88. The molecule has 164 valence electrons. The van der Waals surface area contributed by atoms with Gasteiger partial charge in [-0.1, -0.05) is 49.0 Å². The molecule has 1 aromatic heterocycles. The van der Waals surface area contributed by atoms with Crippen molar-refractivity contribution in [3.05, 3.63) is 60.4 Å². The predicted molar refractivity (Wildman–Crippen MR) is 116 cm³/mol. The lowest BCUT2D eigenvalue weighted by atomic mass is 10.2. The highest BCUT2D eigenvalue weighted by atomic mass is 32.2. The minimum Gasteiger partial charge on any atom is -0.354 e. The molecule has 0 bridgehead atoms. The minimum atomic E-state index is -3.88. The van der Waals surface area contributed by atoms with Crippen molar-refractivity contribution in [2.45, 2.75) is 17.0 Å². The summed E-state index contributed by atoms with van der Waals surface area (Å²) in [5.74, 6) is 0.235. The van der Waals surface area contributed by atoms with Crippen molar-refractivity contribution >= 4 is 27.7 Å². The standard InChI is InChI=1S/C20H22FN5O3S2/c1-2-26(31(28,29)17-10-8-16(21)9-11-17)14-18(27)22-12-13-30-20-23-19(24-25-20)15-6-4-3-5-7-15/h3-11H,2,12-14H2,1H3,(H,22,27)(H,23,24,25). The van der Waals surface area contributed by atoms with Crippen LogP contribution in [-0.4, -0.2) is 59.2 Å². The number of H-pyrrole nitrogens is 1. The Morgan fingerprint density at radius 3 is 2.55 bits per heavy atom. The molecule has 2 aromatic carbocycles. The number of amides is 1. The molecule has 0 saturated carbocycles. The third kappa shape index (κ3) is 6.12. The van der Waals surface area contributed by atoms with Crippen LogP contribution in [0.2, 0.25) is 0 Å². The summed E-state index contributed by atoms with van der Waals surface area (Å²) in [6.07, 6.45) is 0. The Balaban J connectivity index is 1.47. The van der Waals surface area contributed by atoms with E-state index in [1.54, 1.807) is 6.92 Å². The van der Waals surface area contributed by atoms with Crippen molar-refractivity contribution in [3.8, 4) is 11.4 Å². The Bertz CT molecular complexity index is 1110. The second-order valence-corrected chi connectivity index (χ2v) is 9.42. The number of carbonyl (C=O) groups excluding carboxylic acids is 1. The fourth-order valence-electron chi connectivity index (χ4n) is 2.71. The smallest absolute Gasteiger partial charge is 0.243 e. The van der Waals surface area contributed by atoms with Crippen LogP contribution in [-0.2, 0) is 14.8 Å². The van der Waals surface area contributed by atoms with Crippen molar-refractivity contribution in [3.63, 3.8) is 0 Å². The van der Waals surface area contributed by atoms with Crippen LogP contribution < -0.4 is 5.32 Å². The van der Waals surface area contributed by atoms with E-state index in [1.165, 1.54) is 23.9 Å². The molecular formula is C20H22FN5O3S2. The van der Waals surface area contributed by atoms with Gasteiger partial charge in [-0.3, -0.25) is 9.89 Å². The number of rotatable bonds is 10. The summed E-state index contributed by atoms with van der Waals surface area (Å²) in [6, 6.07) is 14.1. The van der Waals surface area contributed by atoms with E-state index in [2.05, 4.69) is 20.5 Å². The lowest BCUT2D eigenvalue weighted by molar-refractivity contribution is -0.121. The van der Waals surface area contributed by atoms with Crippen LogP contribution in [0.4, 0.5) is 4.39 Å². The van der Waals surface area contributed by atoms with E-state index >= 15 is 0 Å². The molecule has 31 heavy (non-hydrogen) atoms. The van der Waals surface area contributed by atoms with Crippen LogP contribution in [0.3, 0.4) is 0 Å². The van der Waals surface area contributed by atoms with Gasteiger partial charge in [0, 0.05) is 24.4 Å². The third-order valence-corrected chi connectivity index (χ3v) is 7.08. The van der Waals surface area contributed by atoms with Crippen LogP contribution in [0.1, 0.15) is 6.92 Å². The van der Waals surface area contributed by atoms with Crippen LogP contribution in [0.5, 0.6) is 0 Å². The number of thioether (sulfide) groups is 1. The minimum absolute atomic E-state index is 0.0575. The highest BCUT2D eigenvalue weighted by molar-refractivity contribution is 7.99. The van der Waals surface area contributed by atoms with Gasteiger partial charge in [-0.2, -0.15) is 4.31 Å². The molecule has 0 atom stereocenters. The maximum Gasteiger partial charge on any atom is 0.243 e. The molecule has 8 nitrogen and oxygen atoms in total. The van der Waals surface area contributed by atoms with Gasteiger partial charge in [0.05, 0.1) is 11.4 Å². The molecule has 0 aliphatic heterocycles. The molecule has 11 heteroatoms. The fraction of sp³-hybridized carbons (Fsp3) is 0.250. The van der Waals surface area contributed by atoms with Gasteiger partial charge >= 0.3 is 0 Å². The Hall–Kier alpha value is -2.76. The van der Waals surface area contributed by atoms with E-state index in [0.29, 0.717) is 23.3 Å². The number of hydrogen-bond donors (Lipinski definition) is 2. The normalized spacial score (nSPS) is 11.6. The summed E-state index contributed by atoms with van der Waals surface area (Å²) in [5, 5.41) is 10.3. The average molecular weight is 464 g/mol. The Labute approximate surface area is 184 Å². The lowest BCUT2D eigenvalue weighted by Crippen LogP contribution is -2.41. The number of halogens is 1. The molecule has 0 aliphatic carbocycles. The number of hydrogen-bond acceptors (Lipinski definition) is 6. The maximum atomic E-state index is 13.1. The van der Waals surface area contributed by atoms with Crippen molar-refractivity contribution < 1.29 is 17.6 Å². The Morgan fingerprint density at radius 1 is 1.16 bits per heavy atom. The van der Waals surface area contributed by atoms with Crippen molar-refractivity contribution in [2.24, 2.45) is 0 Å². The number of nitrogens with one attached hydrogen (secondary N) is 2. The first-order chi connectivity index (χ1) is 14.9. The summed E-state index contributed by atoms with van der Waals surface area (Å²) >= 11 is 1.37. The second-order valence-electron chi connectivity index (χ2n) is 6.42. The summed E-state index contributed by atoms with van der Waals surface area (Å²) < 4.78 is 39.4. The molecule has 0 unspecified atom stereocenters. The Morgan fingerprint density at radius 2 is 1.87 bits per heavy atom. The molecule has 0 fully saturated rings. The molecule has 0 radical (unpaired) electrons. The predicted octanol–water partition coefficient (Wildman–Crippen LogP) is 2.53. The highest BCUT2D eigenvalue weighted by Gasteiger charge is 2.25. The molecule has 0 saturated heterocycles. The number of carbonyl (C=O) groups is 1. The Kier molecular flexibility index (Phi) is 7.77. The number of aromatic nitrogens is 3. The zero-order chi connectivity index (χ0) is 22.3. The zero-order valence-corrected chi connectivity index (χ0v) is 18.4. The molecule has 0 aliphatic rings. The first-order valence-corrected chi connectivity index (χ1v) is 12.0. The highest BCUT2D eigenvalue weighted by Crippen LogP contribution is 2.18. The zero-order valence-electron chi connectivity index (χ0n) is 16.8. The van der Waals surface area contributed by atoms with Crippen molar-refractivity contribution in [1.29, 1.82) is 0 Å². The van der Waals surface area contributed by atoms with Crippen LogP contribution in [0, 0.1) is 5.82 Å². The molecule has 1 heterocycles. The van der Waals surface area contributed by atoms with Crippen molar-refractivity contribution in [2.75, 3.05) is 25.4 Å². The lowest BCUT2D eigenvalue weighted by Gasteiger charge is -2.20. The van der Waals surface area contributed by atoms with Crippen molar-refractivity contribution in [1.82, 2.24) is 24.8 Å². The van der Waals surface area contributed by atoms with Gasteiger partial charge < -0.3 is 5.32 Å². The number of aromatic amines is 1. The second kappa shape index (κ2) is 10.5. The van der Waals surface area contributed by atoms with Crippen LogP contribution in [0.25, 0.3) is 11.4 Å². The average Bonchev–Trinajstić information content (AvgIpc) is 3.25. The first-order valence-electron chi connectivity index (χ1n) is 9.53. The van der Waals surface area contributed by atoms with Gasteiger partial charge in [-0.25, -0.2) is 17.8 Å². The summed E-state index contributed by atoms with van der Waals surface area (Å²) in [5.41, 5.74) is 0.928. The fourth-order valence-corrected chi connectivity index (χ4v) is 4.77. The maximum absolute atomic E-state index is 13.1. The molecule has 1 amide bonds. The van der Waals surface area contributed by atoms with E-state index in [1.807, 2.05) is 30.3 Å². The molecule has 0 spiro atoms. The van der Waals surface area contributed by atoms with E-state index in [-0.39, 0.29) is 18.0 Å². The first kappa shape index (κ1) is 22.9. The van der Waals surface area contributed by atoms with Gasteiger partial charge in [0.2, 0.25) is 21.1 Å². The summed E-state index contributed by atoms with van der Waals surface area (Å²) in [4.78, 5) is 16.6. The van der Waals surface area contributed by atoms with Gasteiger partial charge in [0.15, 0.2) is 5.82 Å². The van der Waals surface area contributed by atoms with E-state index in [0.717, 1.165) is 22.0 Å². The van der Waals surface area contributed by atoms with Gasteiger partial charge in [0.1, 0.15) is 5.82 Å². The molecule has 2 N–H and O–H groups in total. The summed E-state index contributed by atoms with van der Waals surface area (Å²) in [6.45, 7) is 1.76. The molecule has 3 rings (SSSR count). The van der Waals surface area contributed by atoms with Gasteiger partial charge in [-0.15, -0.1) is 5.10 Å². The van der Waals surface area contributed by atoms with Gasteiger partial charge in [-0.05, 0) is 24.3 Å². The quantitative estimate of drug-likeness (QED) is 0.353. The van der Waals surface area contributed by atoms with Gasteiger partial charge in [0.25, 0.3) is 0 Å². The van der Waals surface area contributed by atoms with E-state index in [9.17, 15) is 17.6 Å². The van der Waals surface area contributed by atoms with E-state index in [4.69, 9.17) is 0 Å².